The second kappa shape index (κ2) is 6.65. The van der Waals surface area contributed by atoms with Crippen LogP contribution in [0.1, 0.15) is 52.9 Å². The summed E-state index contributed by atoms with van der Waals surface area (Å²) in [6.45, 7) is 5.46. The summed E-state index contributed by atoms with van der Waals surface area (Å²) >= 11 is 0. The third-order valence-electron chi connectivity index (χ3n) is 8.30. The molecular formula is C23H30O5. The number of aliphatic hydroxyl groups excluding tert-OH is 1. The van der Waals surface area contributed by atoms with E-state index in [1.165, 1.54) is 6.92 Å². The Morgan fingerprint density at radius 1 is 1.25 bits per heavy atom. The molecule has 3 saturated carbocycles. The molecule has 28 heavy (non-hydrogen) atoms. The lowest BCUT2D eigenvalue weighted by atomic mass is 9.46. The standard InChI is InChI=1S/C23H30O5/c1-13(24)28-12-20(27)18-7-6-17-16-5-4-14-10-15(25)8-9-22(14,2)21(16)19(26)11-23(17,18)3/h8-10,16-19,21,26H,4-7,11-12H2,1-3H3/t16-,17?,18+,19-,21?,22-,23-/m0/s1. The van der Waals surface area contributed by atoms with Crippen molar-refractivity contribution in [1.82, 2.24) is 0 Å². The van der Waals surface area contributed by atoms with E-state index in [9.17, 15) is 19.5 Å². The Bertz CT molecular complexity index is 780. The van der Waals surface area contributed by atoms with Gasteiger partial charge < -0.3 is 9.84 Å². The van der Waals surface area contributed by atoms with Gasteiger partial charge in [0.1, 0.15) is 6.61 Å². The summed E-state index contributed by atoms with van der Waals surface area (Å²) < 4.78 is 4.97. The Hall–Kier alpha value is -1.75. The SMILES string of the molecule is CC(=O)OCC(=O)[C@H]1CCC2[C@@H]3CCC4=CC(=O)C=C[C@]4(C)C3[C@@H](O)C[C@@]21C. The van der Waals surface area contributed by atoms with Crippen LogP contribution in [-0.2, 0) is 19.1 Å². The molecule has 0 aromatic rings. The molecule has 0 aromatic carbocycles. The van der Waals surface area contributed by atoms with E-state index < -0.39 is 12.1 Å². The molecule has 1 N–H and O–H groups in total. The predicted octanol–water partition coefficient (Wildman–Crippen LogP) is 3.01. The van der Waals surface area contributed by atoms with Crippen LogP contribution in [-0.4, -0.2) is 35.4 Å². The normalized spacial score (nSPS) is 44.2. The van der Waals surface area contributed by atoms with Crippen molar-refractivity contribution in [2.45, 2.75) is 59.0 Å². The van der Waals surface area contributed by atoms with Gasteiger partial charge in [-0.1, -0.05) is 25.5 Å². The Kier molecular flexibility index (Phi) is 4.65. The fourth-order valence-corrected chi connectivity index (χ4v) is 7.13. The number of esters is 1. The molecular weight excluding hydrogens is 356 g/mol. The molecule has 0 bridgehead atoms. The van der Waals surface area contributed by atoms with Gasteiger partial charge >= 0.3 is 5.97 Å². The highest BCUT2D eigenvalue weighted by atomic mass is 16.5. The zero-order valence-electron chi connectivity index (χ0n) is 16.9. The van der Waals surface area contributed by atoms with Gasteiger partial charge in [-0.05, 0) is 61.5 Å². The summed E-state index contributed by atoms with van der Waals surface area (Å²) in [5.41, 5.74) is 0.602. The molecule has 0 spiro atoms. The second-order valence-electron chi connectivity index (χ2n) is 9.68. The third-order valence-corrected chi connectivity index (χ3v) is 8.30. The van der Waals surface area contributed by atoms with Crippen molar-refractivity contribution in [3.8, 4) is 0 Å². The minimum atomic E-state index is -0.514. The maximum absolute atomic E-state index is 12.8. The van der Waals surface area contributed by atoms with Crippen molar-refractivity contribution < 1.29 is 24.2 Å². The van der Waals surface area contributed by atoms with E-state index in [0.29, 0.717) is 18.3 Å². The van der Waals surface area contributed by atoms with Crippen molar-refractivity contribution in [2.75, 3.05) is 6.61 Å². The molecule has 2 unspecified atom stereocenters. The number of carbonyl (C=O) groups is 3. The Morgan fingerprint density at radius 2 is 2.00 bits per heavy atom. The van der Waals surface area contributed by atoms with E-state index in [4.69, 9.17) is 4.74 Å². The molecule has 4 aliphatic rings. The smallest absolute Gasteiger partial charge is 0.303 e. The first kappa shape index (κ1) is 19.6. The van der Waals surface area contributed by atoms with Gasteiger partial charge in [0, 0.05) is 24.2 Å². The van der Waals surface area contributed by atoms with E-state index in [-0.39, 0.29) is 40.8 Å². The number of carbonyl (C=O) groups excluding carboxylic acids is 3. The molecule has 4 rings (SSSR count). The van der Waals surface area contributed by atoms with Crippen LogP contribution in [0.5, 0.6) is 0 Å². The Morgan fingerprint density at radius 3 is 2.71 bits per heavy atom. The highest BCUT2D eigenvalue weighted by molar-refractivity contribution is 6.01. The van der Waals surface area contributed by atoms with Crippen LogP contribution in [0.25, 0.3) is 0 Å². The van der Waals surface area contributed by atoms with Crippen LogP contribution >= 0.6 is 0 Å². The molecule has 0 aromatic heterocycles. The van der Waals surface area contributed by atoms with E-state index >= 15 is 0 Å². The van der Waals surface area contributed by atoms with E-state index in [0.717, 1.165) is 31.3 Å². The summed E-state index contributed by atoms with van der Waals surface area (Å²) in [6, 6.07) is 0. The molecule has 0 radical (unpaired) electrons. The lowest BCUT2D eigenvalue weighted by Crippen LogP contribution is -2.56. The number of ether oxygens (including phenoxy) is 1. The first-order chi connectivity index (χ1) is 13.2. The van der Waals surface area contributed by atoms with Crippen molar-refractivity contribution >= 4 is 17.5 Å². The van der Waals surface area contributed by atoms with E-state index in [1.54, 1.807) is 12.2 Å². The van der Waals surface area contributed by atoms with Crippen molar-refractivity contribution in [3.05, 3.63) is 23.8 Å². The largest absolute Gasteiger partial charge is 0.458 e. The molecule has 4 aliphatic carbocycles. The van der Waals surface area contributed by atoms with Gasteiger partial charge in [-0.25, -0.2) is 0 Å². The average Bonchev–Trinajstić information content (AvgIpc) is 2.96. The summed E-state index contributed by atoms with van der Waals surface area (Å²) in [6.07, 6.45) is 9.08. The van der Waals surface area contributed by atoms with Gasteiger partial charge in [0.15, 0.2) is 11.6 Å². The lowest BCUT2D eigenvalue weighted by Gasteiger charge is -2.58. The maximum atomic E-state index is 12.8. The maximum Gasteiger partial charge on any atom is 0.303 e. The molecule has 0 aliphatic heterocycles. The van der Waals surface area contributed by atoms with Crippen molar-refractivity contribution in [1.29, 1.82) is 0 Å². The minimum absolute atomic E-state index is 0.0170. The molecule has 0 heterocycles. The molecule has 3 fully saturated rings. The molecule has 5 heteroatoms. The number of ketones is 2. The monoisotopic (exact) mass is 386 g/mol. The molecule has 5 nitrogen and oxygen atoms in total. The van der Waals surface area contributed by atoms with Gasteiger partial charge in [0.2, 0.25) is 0 Å². The molecule has 0 amide bonds. The summed E-state index contributed by atoms with van der Waals surface area (Å²) in [4.78, 5) is 35.8. The number of allylic oxidation sites excluding steroid dienone is 4. The van der Waals surface area contributed by atoms with Crippen LogP contribution in [0.2, 0.25) is 0 Å². The van der Waals surface area contributed by atoms with Crippen LogP contribution in [0.15, 0.2) is 23.8 Å². The summed E-state index contributed by atoms with van der Waals surface area (Å²) in [7, 11) is 0. The van der Waals surface area contributed by atoms with Gasteiger partial charge in [-0.3, -0.25) is 14.4 Å². The first-order valence-corrected chi connectivity index (χ1v) is 10.4. The van der Waals surface area contributed by atoms with Crippen molar-refractivity contribution in [3.63, 3.8) is 0 Å². The fourth-order valence-electron chi connectivity index (χ4n) is 7.13. The third kappa shape index (κ3) is 2.81. The number of hydrogen-bond donors (Lipinski definition) is 1. The second-order valence-corrected chi connectivity index (χ2v) is 9.68. The lowest BCUT2D eigenvalue weighted by molar-refractivity contribution is -0.152. The number of fused-ring (bicyclic) bond motifs is 5. The topological polar surface area (TPSA) is 80.7 Å². The predicted molar refractivity (Wildman–Crippen MR) is 103 cm³/mol. The van der Waals surface area contributed by atoms with Gasteiger partial charge in [-0.2, -0.15) is 0 Å². The van der Waals surface area contributed by atoms with Gasteiger partial charge in [0.25, 0.3) is 0 Å². The highest BCUT2D eigenvalue weighted by Gasteiger charge is 2.62. The van der Waals surface area contributed by atoms with Crippen LogP contribution < -0.4 is 0 Å². The Balaban J connectivity index is 1.62. The van der Waals surface area contributed by atoms with Crippen molar-refractivity contribution in [2.24, 2.45) is 34.5 Å². The zero-order chi connectivity index (χ0) is 20.3. The first-order valence-electron chi connectivity index (χ1n) is 10.4. The van der Waals surface area contributed by atoms with E-state index in [2.05, 4.69) is 13.8 Å². The minimum Gasteiger partial charge on any atom is -0.458 e. The Labute approximate surface area is 166 Å². The average molecular weight is 386 g/mol. The molecule has 152 valence electrons. The molecule has 7 atom stereocenters. The number of aliphatic hydroxyl groups is 1. The van der Waals surface area contributed by atoms with Crippen LogP contribution in [0.3, 0.4) is 0 Å². The van der Waals surface area contributed by atoms with Crippen LogP contribution in [0.4, 0.5) is 0 Å². The van der Waals surface area contributed by atoms with Gasteiger partial charge in [-0.15, -0.1) is 0 Å². The van der Waals surface area contributed by atoms with E-state index in [1.807, 2.05) is 6.08 Å². The number of Topliss-reactive ketones (excluding diaryl/α,β-unsaturated/α-hetero) is 1. The summed E-state index contributed by atoms with van der Waals surface area (Å²) in [5, 5.41) is 11.3. The number of hydrogen-bond acceptors (Lipinski definition) is 5. The molecule has 0 saturated heterocycles. The quantitative estimate of drug-likeness (QED) is 0.754. The number of rotatable bonds is 3. The zero-order valence-corrected chi connectivity index (χ0v) is 16.9. The summed E-state index contributed by atoms with van der Waals surface area (Å²) in [5.74, 6) is 0.208. The fraction of sp³-hybridized carbons (Fsp3) is 0.696. The van der Waals surface area contributed by atoms with Gasteiger partial charge in [0.05, 0.1) is 6.10 Å². The highest BCUT2D eigenvalue weighted by Crippen LogP contribution is 2.66. The van der Waals surface area contributed by atoms with Crippen LogP contribution in [0, 0.1) is 34.5 Å².